The summed E-state index contributed by atoms with van der Waals surface area (Å²) in [5, 5.41) is 4.68. The van der Waals surface area contributed by atoms with E-state index in [1.54, 1.807) is 0 Å². The number of benzene rings is 1. The molecule has 1 fully saturated rings. The molecule has 20 heavy (non-hydrogen) atoms. The monoisotopic (exact) mass is 273 g/mol. The Morgan fingerprint density at radius 2 is 2.15 bits per heavy atom. The molecule has 1 saturated carbocycles. The van der Waals surface area contributed by atoms with Crippen LogP contribution in [0.3, 0.4) is 0 Å². The molecule has 0 radical (unpaired) electrons. The number of ether oxygens (including phenoxy) is 1. The highest BCUT2D eigenvalue weighted by molar-refractivity contribution is 5.79. The van der Waals surface area contributed by atoms with Gasteiger partial charge >= 0.3 is 0 Å². The highest BCUT2D eigenvalue weighted by atomic mass is 16.5. The van der Waals surface area contributed by atoms with E-state index in [0.717, 1.165) is 48.0 Å². The van der Waals surface area contributed by atoms with Gasteiger partial charge in [0.1, 0.15) is 17.1 Å². The smallest absolute Gasteiger partial charge is 0.134 e. The zero-order chi connectivity index (χ0) is 13.9. The summed E-state index contributed by atoms with van der Waals surface area (Å²) >= 11 is 0. The number of furan rings is 1. The molecule has 3 heteroatoms. The average Bonchev–Trinajstić information content (AvgIpc) is 3.21. The second kappa shape index (κ2) is 5.88. The zero-order valence-electron chi connectivity index (χ0n) is 12.3. The first-order valence-electron chi connectivity index (χ1n) is 7.71. The third-order valence-electron chi connectivity index (χ3n) is 3.80. The number of nitrogens with one attached hydrogen (secondary N) is 1. The van der Waals surface area contributed by atoms with E-state index in [-0.39, 0.29) is 0 Å². The van der Waals surface area contributed by atoms with Crippen molar-refractivity contribution in [3.05, 3.63) is 30.0 Å². The van der Waals surface area contributed by atoms with Crippen LogP contribution in [-0.4, -0.2) is 13.2 Å². The van der Waals surface area contributed by atoms with Gasteiger partial charge in [-0.2, -0.15) is 0 Å². The third kappa shape index (κ3) is 2.83. The Balaban J connectivity index is 1.85. The van der Waals surface area contributed by atoms with Crippen LogP contribution in [-0.2, 0) is 0 Å². The maximum absolute atomic E-state index is 6.03. The summed E-state index contributed by atoms with van der Waals surface area (Å²) in [6, 6.07) is 8.62. The van der Waals surface area contributed by atoms with Gasteiger partial charge in [-0.05, 0) is 56.0 Å². The average molecular weight is 273 g/mol. The first-order valence-corrected chi connectivity index (χ1v) is 7.71. The number of hydrogen-bond acceptors (Lipinski definition) is 3. The Morgan fingerprint density at radius 1 is 1.30 bits per heavy atom. The van der Waals surface area contributed by atoms with Crippen LogP contribution in [0.15, 0.2) is 28.7 Å². The van der Waals surface area contributed by atoms with E-state index >= 15 is 0 Å². The molecule has 0 bridgehead atoms. The molecule has 1 unspecified atom stereocenters. The molecule has 0 amide bonds. The molecule has 1 atom stereocenters. The van der Waals surface area contributed by atoms with Gasteiger partial charge in [0.05, 0.1) is 12.6 Å². The Kier molecular flexibility index (Phi) is 3.97. The Labute approximate surface area is 120 Å². The molecule has 108 valence electrons. The quantitative estimate of drug-likeness (QED) is 0.817. The minimum Gasteiger partial charge on any atom is -0.494 e. The van der Waals surface area contributed by atoms with Crippen LogP contribution in [0, 0.1) is 5.92 Å². The minimum atomic E-state index is 0.368. The van der Waals surface area contributed by atoms with E-state index in [0.29, 0.717) is 6.04 Å². The molecule has 0 saturated heterocycles. The molecular formula is C17H23NO2. The second-order valence-electron chi connectivity index (χ2n) is 5.57. The van der Waals surface area contributed by atoms with E-state index < -0.39 is 0 Å². The van der Waals surface area contributed by atoms with Crippen molar-refractivity contribution in [1.29, 1.82) is 0 Å². The van der Waals surface area contributed by atoms with Crippen LogP contribution in [0.4, 0.5) is 0 Å². The zero-order valence-corrected chi connectivity index (χ0v) is 12.3. The summed E-state index contributed by atoms with van der Waals surface area (Å²) in [6.07, 6.45) is 3.64. The van der Waals surface area contributed by atoms with Gasteiger partial charge in [-0.1, -0.05) is 13.8 Å². The number of fused-ring (bicyclic) bond motifs is 1. The second-order valence-corrected chi connectivity index (χ2v) is 5.57. The number of rotatable bonds is 7. The molecule has 0 aliphatic heterocycles. The van der Waals surface area contributed by atoms with Crippen molar-refractivity contribution in [3.8, 4) is 5.75 Å². The fourth-order valence-corrected chi connectivity index (χ4v) is 2.65. The molecule has 1 aliphatic carbocycles. The molecule has 0 spiro atoms. The van der Waals surface area contributed by atoms with Crippen molar-refractivity contribution in [3.63, 3.8) is 0 Å². The standard InChI is InChI=1S/C17H23NO2/c1-3-9-19-14-7-8-15-13(10-14)11-16(20-15)17(18-4-2)12-5-6-12/h7-8,10-12,17-18H,3-6,9H2,1-2H3. The van der Waals surface area contributed by atoms with Crippen molar-refractivity contribution < 1.29 is 9.15 Å². The van der Waals surface area contributed by atoms with E-state index in [9.17, 15) is 0 Å². The summed E-state index contributed by atoms with van der Waals surface area (Å²) in [7, 11) is 0. The van der Waals surface area contributed by atoms with E-state index in [1.807, 2.05) is 12.1 Å². The van der Waals surface area contributed by atoms with Crippen LogP contribution in [0.25, 0.3) is 11.0 Å². The van der Waals surface area contributed by atoms with E-state index in [4.69, 9.17) is 9.15 Å². The summed E-state index contributed by atoms with van der Waals surface area (Å²) < 4.78 is 11.7. The Bertz CT molecular complexity index is 571. The maximum atomic E-state index is 6.03. The lowest BCUT2D eigenvalue weighted by Crippen LogP contribution is -2.21. The van der Waals surface area contributed by atoms with Crippen molar-refractivity contribution in [2.24, 2.45) is 5.92 Å². The molecule has 2 aromatic rings. The van der Waals surface area contributed by atoms with Crippen LogP contribution in [0.5, 0.6) is 5.75 Å². The summed E-state index contributed by atoms with van der Waals surface area (Å²) in [4.78, 5) is 0. The molecule has 3 rings (SSSR count). The van der Waals surface area contributed by atoms with Gasteiger partial charge in [0.25, 0.3) is 0 Å². The van der Waals surface area contributed by atoms with Gasteiger partial charge in [-0.25, -0.2) is 0 Å². The topological polar surface area (TPSA) is 34.4 Å². The molecule has 1 aromatic carbocycles. The first-order chi connectivity index (χ1) is 9.81. The largest absolute Gasteiger partial charge is 0.494 e. The molecule has 1 aromatic heterocycles. The molecule has 1 N–H and O–H groups in total. The Morgan fingerprint density at radius 3 is 2.85 bits per heavy atom. The SMILES string of the molecule is CCCOc1ccc2oc(C(NCC)C3CC3)cc2c1. The lowest BCUT2D eigenvalue weighted by atomic mass is 10.1. The summed E-state index contributed by atoms with van der Waals surface area (Å²) in [6.45, 7) is 6.00. The van der Waals surface area contributed by atoms with Gasteiger partial charge in [0.2, 0.25) is 0 Å². The normalized spacial score (nSPS) is 16.5. The van der Waals surface area contributed by atoms with E-state index in [2.05, 4.69) is 31.3 Å². The lowest BCUT2D eigenvalue weighted by molar-refractivity contribution is 0.318. The van der Waals surface area contributed by atoms with Crippen molar-refractivity contribution in [2.75, 3.05) is 13.2 Å². The van der Waals surface area contributed by atoms with Crippen LogP contribution < -0.4 is 10.1 Å². The van der Waals surface area contributed by atoms with Gasteiger partial charge in [0.15, 0.2) is 0 Å². The summed E-state index contributed by atoms with van der Waals surface area (Å²) in [5.41, 5.74) is 0.951. The Hall–Kier alpha value is -1.48. The lowest BCUT2D eigenvalue weighted by Gasteiger charge is -2.13. The van der Waals surface area contributed by atoms with Crippen molar-refractivity contribution >= 4 is 11.0 Å². The predicted molar refractivity (Wildman–Crippen MR) is 81.1 cm³/mol. The third-order valence-corrected chi connectivity index (χ3v) is 3.80. The summed E-state index contributed by atoms with van der Waals surface area (Å²) in [5.74, 6) is 2.74. The van der Waals surface area contributed by atoms with Gasteiger partial charge in [0, 0.05) is 5.39 Å². The van der Waals surface area contributed by atoms with Crippen molar-refractivity contribution in [2.45, 2.75) is 39.2 Å². The maximum Gasteiger partial charge on any atom is 0.134 e. The van der Waals surface area contributed by atoms with Crippen molar-refractivity contribution in [1.82, 2.24) is 5.32 Å². The van der Waals surface area contributed by atoms with Gasteiger partial charge < -0.3 is 14.5 Å². The molecule has 1 aliphatic rings. The van der Waals surface area contributed by atoms with Crippen LogP contribution in [0.2, 0.25) is 0 Å². The highest BCUT2D eigenvalue weighted by Gasteiger charge is 2.33. The molecule has 3 nitrogen and oxygen atoms in total. The first kappa shape index (κ1) is 13.5. The molecule has 1 heterocycles. The molecular weight excluding hydrogens is 250 g/mol. The predicted octanol–water partition coefficient (Wildman–Crippen LogP) is 4.28. The van der Waals surface area contributed by atoms with Crippen LogP contribution in [0.1, 0.15) is 44.9 Å². The highest BCUT2D eigenvalue weighted by Crippen LogP contribution is 2.42. The fourth-order valence-electron chi connectivity index (χ4n) is 2.65. The van der Waals surface area contributed by atoms with Gasteiger partial charge in [-0.3, -0.25) is 0 Å². The fraction of sp³-hybridized carbons (Fsp3) is 0.529. The number of hydrogen-bond donors (Lipinski definition) is 1. The van der Waals surface area contributed by atoms with Crippen LogP contribution >= 0.6 is 0 Å². The van der Waals surface area contributed by atoms with E-state index in [1.165, 1.54) is 12.8 Å². The minimum absolute atomic E-state index is 0.368. The van der Waals surface area contributed by atoms with Gasteiger partial charge in [-0.15, -0.1) is 0 Å².